The van der Waals surface area contributed by atoms with Gasteiger partial charge in [-0.25, -0.2) is 0 Å². The maximum absolute atomic E-state index is 12.0. The predicted octanol–water partition coefficient (Wildman–Crippen LogP) is 2.56. The lowest BCUT2D eigenvalue weighted by molar-refractivity contribution is -0.136. The first-order valence-electron chi connectivity index (χ1n) is 7.94. The standard InChI is InChI=1S/C19H22N2O3/c1-3-15-6-4-5-7-17(15)21-19(23)18(22)20-13-12-14-8-10-16(24-2)11-9-14/h4-11H,3,12-13H2,1-2H3,(H,20,22)(H,21,23). The van der Waals surface area contributed by atoms with Crippen LogP contribution in [0, 0.1) is 0 Å². The molecule has 2 N–H and O–H groups in total. The quantitative estimate of drug-likeness (QED) is 0.802. The number of hydrogen-bond donors (Lipinski definition) is 2. The van der Waals surface area contributed by atoms with E-state index in [1.165, 1.54) is 0 Å². The Morgan fingerprint density at radius 3 is 2.38 bits per heavy atom. The third-order valence-corrected chi connectivity index (χ3v) is 3.71. The Hall–Kier alpha value is -2.82. The van der Waals surface area contributed by atoms with E-state index >= 15 is 0 Å². The Bertz CT molecular complexity index is 696. The van der Waals surface area contributed by atoms with Gasteiger partial charge >= 0.3 is 11.8 Å². The first-order valence-corrected chi connectivity index (χ1v) is 7.94. The lowest BCUT2D eigenvalue weighted by atomic mass is 10.1. The highest BCUT2D eigenvalue weighted by Gasteiger charge is 2.14. The van der Waals surface area contributed by atoms with Crippen molar-refractivity contribution in [3.63, 3.8) is 0 Å². The molecule has 2 aromatic carbocycles. The van der Waals surface area contributed by atoms with Gasteiger partial charge in [0, 0.05) is 12.2 Å². The molecule has 0 saturated heterocycles. The Kier molecular flexibility index (Phi) is 6.37. The third kappa shape index (κ3) is 4.84. The van der Waals surface area contributed by atoms with Crippen LogP contribution in [-0.2, 0) is 22.4 Å². The van der Waals surface area contributed by atoms with Crippen LogP contribution in [0.5, 0.6) is 5.75 Å². The van der Waals surface area contributed by atoms with Crippen LogP contribution in [0.15, 0.2) is 48.5 Å². The number of methoxy groups -OCH3 is 1. The number of hydrogen-bond acceptors (Lipinski definition) is 3. The minimum atomic E-state index is -0.648. The molecule has 0 aromatic heterocycles. The Morgan fingerprint density at radius 2 is 1.71 bits per heavy atom. The molecule has 2 amide bonds. The van der Waals surface area contributed by atoms with Gasteiger partial charge in [0.15, 0.2) is 0 Å². The molecule has 0 bridgehead atoms. The second-order valence-electron chi connectivity index (χ2n) is 5.32. The first kappa shape index (κ1) is 17.5. The molecule has 0 spiro atoms. The molecule has 0 fully saturated rings. The second-order valence-corrected chi connectivity index (χ2v) is 5.32. The number of amides is 2. The van der Waals surface area contributed by atoms with Crippen molar-refractivity contribution in [2.45, 2.75) is 19.8 Å². The lowest BCUT2D eigenvalue weighted by Gasteiger charge is -2.10. The van der Waals surface area contributed by atoms with Crippen LogP contribution in [-0.4, -0.2) is 25.5 Å². The summed E-state index contributed by atoms with van der Waals surface area (Å²) in [6, 6.07) is 15.1. The van der Waals surface area contributed by atoms with E-state index in [1.54, 1.807) is 13.2 Å². The van der Waals surface area contributed by atoms with Crippen LogP contribution in [0.3, 0.4) is 0 Å². The molecule has 2 aromatic rings. The fourth-order valence-corrected chi connectivity index (χ4v) is 2.32. The largest absolute Gasteiger partial charge is 0.497 e. The first-order chi connectivity index (χ1) is 11.6. The molecular weight excluding hydrogens is 304 g/mol. The average Bonchev–Trinajstić information content (AvgIpc) is 2.62. The molecule has 0 saturated carbocycles. The summed E-state index contributed by atoms with van der Waals surface area (Å²) in [5, 5.41) is 5.29. The zero-order valence-corrected chi connectivity index (χ0v) is 14.0. The van der Waals surface area contributed by atoms with E-state index in [1.807, 2.05) is 49.4 Å². The molecule has 0 atom stereocenters. The van der Waals surface area contributed by atoms with Crippen molar-refractivity contribution < 1.29 is 14.3 Å². The number of para-hydroxylation sites is 1. The van der Waals surface area contributed by atoms with Gasteiger partial charge in [-0.3, -0.25) is 9.59 Å². The van der Waals surface area contributed by atoms with E-state index in [-0.39, 0.29) is 0 Å². The summed E-state index contributed by atoms with van der Waals surface area (Å²) in [4.78, 5) is 23.9. The van der Waals surface area contributed by atoms with Crippen molar-refractivity contribution in [1.29, 1.82) is 0 Å². The summed E-state index contributed by atoms with van der Waals surface area (Å²) in [6.07, 6.45) is 1.43. The Balaban J connectivity index is 1.82. The van der Waals surface area contributed by atoms with Gasteiger partial charge in [-0.05, 0) is 42.2 Å². The normalized spacial score (nSPS) is 10.1. The van der Waals surface area contributed by atoms with Crippen LogP contribution in [0.2, 0.25) is 0 Å². The average molecular weight is 326 g/mol. The van der Waals surface area contributed by atoms with Crippen molar-refractivity contribution in [3.8, 4) is 5.75 Å². The SMILES string of the molecule is CCc1ccccc1NC(=O)C(=O)NCCc1ccc(OC)cc1. The minimum absolute atomic E-state index is 0.397. The second kappa shape index (κ2) is 8.72. The van der Waals surface area contributed by atoms with E-state index in [0.717, 1.165) is 23.3 Å². The van der Waals surface area contributed by atoms with Gasteiger partial charge in [0.25, 0.3) is 0 Å². The summed E-state index contributed by atoms with van der Waals surface area (Å²) in [5.41, 5.74) is 2.74. The topological polar surface area (TPSA) is 67.4 Å². The molecule has 126 valence electrons. The molecule has 24 heavy (non-hydrogen) atoms. The Labute approximate surface area is 142 Å². The fourth-order valence-electron chi connectivity index (χ4n) is 2.32. The summed E-state index contributed by atoms with van der Waals surface area (Å²) in [7, 11) is 1.62. The summed E-state index contributed by atoms with van der Waals surface area (Å²) in [6.45, 7) is 2.40. The van der Waals surface area contributed by atoms with Gasteiger partial charge in [-0.2, -0.15) is 0 Å². The van der Waals surface area contributed by atoms with Crippen molar-refractivity contribution >= 4 is 17.5 Å². The Morgan fingerprint density at radius 1 is 1.00 bits per heavy atom. The molecule has 5 nitrogen and oxygen atoms in total. The molecule has 0 aliphatic rings. The number of benzene rings is 2. The zero-order chi connectivity index (χ0) is 17.4. The van der Waals surface area contributed by atoms with Crippen LogP contribution in [0.25, 0.3) is 0 Å². The zero-order valence-electron chi connectivity index (χ0n) is 14.0. The predicted molar refractivity (Wildman–Crippen MR) is 94.2 cm³/mol. The lowest BCUT2D eigenvalue weighted by Crippen LogP contribution is -2.36. The van der Waals surface area contributed by atoms with Gasteiger partial charge in [-0.15, -0.1) is 0 Å². The molecule has 0 unspecified atom stereocenters. The number of rotatable bonds is 6. The molecule has 0 radical (unpaired) electrons. The van der Waals surface area contributed by atoms with E-state index in [4.69, 9.17) is 4.74 Å². The molecule has 0 aliphatic heterocycles. The number of nitrogens with one attached hydrogen (secondary N) is 2. The molecular formula is C19H22N2O3. The number of anilines is 1. The van der Waals surface area contributed by atoms with Gasteiger partial charge < -0.3 is 15.4 Å². The van der Waals surface area contributed by atoms with Crippen LogP contribution < -0.4 is 15.4 Å². The summed E-state index contributed by atoms with van der Waals surface area (Å²) in [5.74, 6) is -0.489. The van der Waals surface area contributed by atoms with Crippen molar-refractivity contribution in [2.24, 2.45) is 0 Å². The molecule has 0 heterocycles. The molecule has 2 rings (SSSR count). The number of carbonyl (C=O) groups excluding carboxylic acids is 2. The van der Waals surface area contributed by atoms with Gasteiger partial charge in [-0.1, -0.05) is 37.3 Å². The maximum Gasteiger partial charge on any atom is 0.313 e. The van der Waals surface area contributed by atoms with E-state index in [9.17, 15) is 9.59 Å². The highest BCUT2D eigenvalue weighted by molar-refractivity contribution is 6.39. The molecule has 5 heteroatoms. The minimum Gasteiger partial charge on any atom is -0.497 e. The summed E-state index contributed by atoms with van der Waals surface area (Å²) < 4.78 is 5.10. The highest BCUT2D eigenvalue weighted by Crippen LogP contribution is 2.15. The van der Waals surface area contributed by atoms with Gasteiger partial charge in [0.1, 0.15) is 5.75 Å². The smallest absolute Gasteiger partial charge is 0.313 e. The van der Waals surface area contributed by atoms with Crippen molar-refractivity contribution in [1.82, 2.24) is 5.32 Å². The number of aryl methyl sites for hydroxylation is 1. The van der Waals surface area contributed by atoms with E-state index in [2.05, 4.69) is 10.6 Å². The van der Waals surface area contributed by atoms with Crippen LogP contribution in [0.1, 0.15) is 18.1 Å². The maximum atomic E-state index is 12.0. The van der Waals surface area contributed by atoms with Crippen LogP contribution >= 0.6 is 0 Å². The van der Waals surface area contributed by atoms with E-state index < -0.39 is 11.8 Å². The number of ether oxygens (including phenoxy) is 1. The number of carbonyl (C=O) groups is 2. The highest BCUT2D eigenvalue weighted by atomic mass is 16.5. The van der Waals surface area contributed by atoms with Crippen LogP contribution in [0.4, 0.5) is 5.69 Å². The van der Waals surface area contributed by atoms with Crippen molar-refractivity contribution in [2.75, 3.05) is 19.0 Å². The monoisotopic (exact) mass is 326 g/mol. The van der Waals surface area contributed by atoms with Gasteiger partial charge in [0.2, 0.25) is 0 Å². The summed E-state index contributed by atoms with van der Waals surface area (Å²) >= 11 is 0. The van der Waals surface area contributed by atoms with Gasteiger partial charge in [0.05, 0.1) is 7.11 Å². The van der Waals surface area contributed by atoms with Crippen molar-refractivity contribution in [3.05, 3.63) is 59.7 Å². The van der Waals surface area contributed by atoms with E-state index in [0.29, 0.717) is 18.7 Å². The molecule has 0 aliphatic carbocycles. The fraction of sp³-hybridized carbons (Fsp3) is 0.263. The third-order valence-electron chi connectivity index (χ3n) is 3.71.